The van der Waals surface area contributed by atoms with Gasteiger partial charge < -0.3 is 34.5 Å². The number of phenols is 1. The molecule has 0 aromatic heterocycles. The Morgan fingerprint density at radius 3 is 2.26 bits per heavy atom. The van der Waals surface area contributed by atoms with Gasteiger partial charge in [0.15, 0.2) is 14.1 Å². The van der Waals surface area contributed by atoms with Gasteiger partial charge in [0.1, 0.15) is 25.0 Å². The Balaban J connectivity index is 1.58. The number of hydrogen-bond donors (Lipinski definition) is 4. The smallest absolute Gasteiger partial charge is 0.411 e. The summed E-state index contributed by atoms with van der Waals surface area (Å²) in [4.78, 5) is 66.4. The van der Waals surface area contributed by atoms with Gasteiger partial charge in [-0.05, 0) is 73.5 Å². The predicted octanol–water partition coefficient (Wildman–Crippen LogP) is 6.63. The van der Waals surface area contributed by atoms with E-state index in [4.69, 9.17) is 13.9 Å². The number of alkyl carbamates (subject to hydrolysis) is 1. The molecule has 13 nitrogen and oxygen atoms in total. The highest BCUT2D eigenvalue weighted by Crippen LogP contribution is 2.37. The van der Waals surface area contributed by atoms with E-state index in [1.54, 1.807) is 62.9 Å². The molecule has 1 heterocycles. The number of amides is 4. The largest absolute Gasteiger partial charge is 0.508 e. The minimum Gasteiger partial charge on any atom is -0.508 e. The number of benzene rings is 2. The maximum absolute atomic E-state index is 13.9. The van der Waals surface area contributed by atoms with Crippen molar-refractivity contribution in [2.45, 2.75) is 111 Å². The van der Waals surface area contributed by atoms with E-state index in [0.29, 0.717) is 29.8 Å². The Kier molecular flexibility index (Phi) is 15.4. The second-order valence-electron chi connectivity index (χ2n) is 15.7. The van der Waals surface area contributed by atoms with Crippen molar-refractivity contribution in [3.05, 3.63) is 71.3 Å². The summed E-state index contributed by atoms with van der Waals surface area (Å²) in [5, 5.41) is 18.3. The lowest BCUT2D eigenvalue weighted by Gasteiger charge is -2.38. The maximum Gasteiger partial charge on any atom is 0.411 e. The summed E-state index contributed by atoms with van der Waals surface area (Å²) in [6, 6.07) is 8.02. The van der Waals surface area contributed by atoms with Crippen molar-refractivity contribution < 1.29 is 43.0 Å². The molecule has 14 heteroatoms. The van der Waals surface area contributed by atoms with E-state index in [2.05, 4.69) is 56.4 Å². The molecule has 54 heavy (non-hydrogen) atoms. The molecule has 0 bridgehead atoms. The molecular weight excluding hydrogens is 709 g/mol. The zero-order valence-electron chi connectivity index (χ0n) is 33.2. The van der Waals surface area contributed by atoms with Crippen LogP contribution in [0, 0.1) is 12.8 Å². The fourth-order valence-corrected chi connectivity index (χ4v) is 6.60. The second-order valence-corrected chi connectivity index (χ2v) is 20.5. The molecule has 0 aliphatic carbocycles. The van der Waals surface area contributed by atoms with E-state index < -0.39 is 38.5 Å². The number of ether oxygens (including phenoxy) is 2. The molecular formula is C40H58N4O9Si. The number of likely N-dealkylation sites (tertiary alicyclic amines) is 1. The van der Waals surface area contributed by atoms with E-state index in [0.717, 1.165) is 12.8 Å². The minimum absolute atomic E-state index is 0.00137. The zero-order chi connectivity index (χ0) is 40.4. The molecule has 1 saturated heterocycles. The fourth-order valence-electron chi connectivity index (χ4n) is 5.55. The van der Waals surface area contributed by atoms with E-state index in [9.17, 15) is 29.1 Å². The summed E-state index contributed by atoms with van der Waals surface area (Å²) in [5.74, 6) is -1.32. The number of anilines is 1. The Hall–Kier alpha value is -4.69. The first-order chi connectivity index (χ1) is 25.2. The van der Waals surface area contributed by atoms with E-state index >= 15 is 0 Å². The van der Waals surface area contributed by atoms with E-state index in [1.165, 1.54) is 12.1 Å². The van der Waals surface area contributed by atoms with Crippen LogP contribution in [0.5, 0.6) is 5.75 Å². The number of nitrogens with zero attached hydrogens (tertiary/aromatic N) is 1. The first-order valence-corrected chi connectivity index (χ1v) is 21.3. The highest BCUT2D eigenvalue weighted by Gasteiger charge is 2.39. The summed E-state index contributed by atoms with van der Waals surface area (Å²) >= 11 is 0. The van der Waals surface area contributed by atoms with Crippen LogP contribution < -0.4 is 16.0 Å². The number of rotatable bonds is 16. The molecule has 4 N–H and O–H groups in total. The van der Waals surface area contributed by atoms with Gasteiger partial charge in [0.2, 0.25) is 5.91 Å². The SMILES string of the molecule is C=CCOC(=O)N[C@H](C(=O)N[C@@H](C)C(=O)Cc1ccc(COC(=O)Nc2cc(O)c(C)cc2C(=O)N2CCC[C@H]2CO[Si](C)(C)C(C)(C)C)cc1)C(C)C. The Bertz CT molecular complexity index is 1670. The summed E-state index contributed by atoms with van der Waals surface area (Å²) < 4.78 is 16.8. The number of carbonyl (C=O) groups is 5. The molecule has 1 aliphatic rings. The summed E-state index contributed by atoms with van der Waals surface area (Å²) in [6.45, 7) is 22.1. The van der Waals surface area contributed by atoms with Crippen molar-refractivity contribution in [1.29, 1.82) is 0 Å². The number of aryl methyl sites for hydroxylation is 1. The third-order valence-corrected chi connectivity index (χ3v) is 14.6. The molecule has 0 unspecified atom stereocenters. The van der Waals surface area contributed by atoms with Gasteiger partial charge in [0.25, 0.3) is 5.91 Å². The van der Waals surface area contributed by atoms with Gasteiger partial charge >= 0.3 is 12.2 Å². The van der Waals surface area contributed by atoms with Gasteiger partial charge in [-0.25, -0.2) is 9.59 Å². The molecule has 3 atom stereocenters. The molecule has 0 radical (unpaired) electrons. The summed E-state index contributed by atoms with van der Waals surface area (Å²) in [7, 11) is -2.03. The van der Waals surface area contributed by atoms with Crippen LogP contribution in [-0.4, -0.2) is 86.0 Å². The third-order valence-electron chi connectivity index (χ3n) is 10.1. The zero-order valence-corrected chi connectivity index (χ0v) is 34.2. The van der Waals surface area contributed by atoms with Gasteiger partial charge in [-0.3, -0.25) is 19.7 Å². The van der Waals surface area contributed by atoms with Crippen molar-refractivity contribution in [2.75, 3.05) is 25.1 Å². The van der Waals surface area contributed by atoms with Crippen molar-refractivity contribution in [3.63, 3.8) is 0 Å². The van der Waals surface area contributed by atoms with Gasteiger partial charge in [-0.2, -0.15) is 0 Å². The number of Topliss-reactive ketones (excluding diaryl/α,β-unsaturated/α-hetero) is 1. The van der Waals surface area contributed by atoms with Crippen molar-refractivity contribution in [3.8, 4) is 5.75 Å². The Morgan fingerprint density at radius 2 is 1.65 bits per heavy atom. The molecule has 3 rings (SSSR count). The number of aromatic hydroxyl groups is 1. The monoisotopic (exact) mass is 766 g/mol. The van der Waals surface area contributed by atoms with Gasteiger partial charge in [0, 0.05) is 19.0 Å². The van der Waals surface area contributed by atoms with Crippen LogP contribution in [0.2, 0.25) is 18.1 Å². The van der Waals surface area contributed by atoms with Crippen LogP contribution in [0.1, 0.15) is 81.4 Å². The number of nitrogens with one attached hydrogen (secondary N) is 3. The quantitative estimate of drug-likeness (QED) is 0.108. The van der Waals surface area contributed by atoms with Gasteiger partial charge in [-0.15, -0.1) is 0 Å². The third kappa shape index (κ3) is 12.2. The molecule has 1 aliphatic heterocycles. The molecule has 2 aromatic rings. The van der Waals surface area contributed by atoms with Crippen LogP contribution in [-0.2, 0) is 36.5 Å². The highest BCUT2D eigenvalue weighted by atomic mass is 28.4. The van der Waals surface area contributed by atoms with Crippen LogP contribution in [0.15, 0.2) is 49.1 Å². The molecule has 0 saturated carbocycles. The molecule has 1 fully saturated rings. The Morgan fingerprint density at radius 1 is 1.00 bits per heavy atom. The number of phenolic OH excluding ortho intramolecular Hbond substituents is 1. The van der Waals surface area contributed by atoms with Crippen LogP contribution in [0.4, 0.5) is 15.3 Å². The van der Waals surface area contributed by atoms with Crippen LogP contribution in [0.25, 0.3) is 0 Å². The first kappa shape index (κ1) is 43.7. The average molecular weight is 767 g/mol. The molecule has 0 spiro atoms. The lowest BCUT2D eigenvalue weighted by Crippen LogP contribution is -2.53. The predicted molar refractivity (Wildman–Crippen MR) is 210 cm³/mol. The fraction of sp³-hybridized carbons (Fsp3) is 0.525. The lowest BCUT2D eigenvalue weighted by atomic mass is 10.0. The lowest BCUT2D eigenvalue weighted by molar-refractivity contribution is -0.129. The second kappa shape index (κ2) is 19.1. The first-order valence-electron chi connectivity index (χ1n) is 18.4. The van der Waals surface area contributed by atoms with Crippen molar-refractivity contribution >= 4 is 43.8 Å². The van der Waals surface area contributed by atoms with Crippen LogP contribution in [0.3, 0.4) is 0 Å². The number of hydrogen-bond acceptors (Lipinski definition) is 9. The number of carbonyl (C=O) groups excluding carboxylic acids is 5. The number of ketones is 1. The maximum atomic E-state index is 13.9. The average Bonchev–Trinajstić information content (AvgIpc) is 3.57. The minimum atomic E-state index is -2.03. The molecule has 4 amide bonds. The highest BCUT2D eigenvalue weighted by molar-refractivity contribution is 6.74. The molecule has 2 aromatic carbocycles. The van der Waals surface area contributed by atoms with E-state index in [1.807, 2.05) is 0 Å². The van der Waals surface area contributed by atoms with Crippen molar-refractivity contribution in [2.24, 2.45) is 5.92 Å². The summed E-state index contributed by atoms with van der Waals surface area (Å²) in [6.07, 6.45) is 1.55. The van der Waals surface area contributed by atoms with Gasteiger partial charge in [-0.1, -0.05) is 71.5 Å². The van der Waals surface area contributed by atoms with Crippen molar-refractivity contribution in [1.82, 2.24) is 15.5 Å². The van der Waals surface area contributed by atoms with Crippen LogP contribution >= 0.6 is 0 Å². The standard InChI is InChI=1S/C40H58N4O9Si/c1-11-19-51-39(50)43-35(25(2)3)36(47)41-27(5)34(46)21-28-14-16-29(17-15-28)23-52-38(49)42-32-22-33(45)26(4)20-31(32)37(48)44-18-12-13-30(44)24-53-54(9,10)40(6,7)8/h11,14-17,20,22,25,27,30,35,45H,1,12-13,18-19,21,23-24H2,2-10H3,(H,41,47)(H,42,49)(H,43,50)/t27-,30-,35-/m0/s1. The van der Waals surface area contributed by atoms with E-state index in [-0.39, 0.29) is 65.3 Å². The molecule has 296 valence electrons. The Labute approximate surface area is 320 Å². The van der Waals surface area contributed by atoms with Gasteiger partial charge in [0.05, 0.1) is 29.9 Å². The normalized spacial score (nSPS) is 15.6. The summed E-state index contributed by atoms with van der Waals surface area (Å²) in [5.41, 5.74) is 2.24. The topological polar surface area (TPSA) is 173 Å².